The minimum absolute atomic E-state index is 0. The molecule has 0 unspecified atom stereocenters. The molecular weight excluding hydrogens is 308 g/mol. The van der Waals surface area contributed by atoms with E-state index in [-0.39, 0.29) is 17.0 Å². The first-order valence-corrected chi connectivity index (χ1v) is 6.70. The molecule has 18 heavy (non-hydrogen) atoms. The average Bonchev–Trinajstić information content (AvgIpc) is 2.96. The van der Waals surface area contributed by atoms with Gasteiger partial charge in [0.25, 0.3) is 5.84 Å². The van der Waals surface area contributed by atoms with Crippen molar-refractivity contribution in [2.45, 2.75) is 13.0 Å². The van der Waals surface area contributed by atoms with Crippen LogP contribution in [0.1, 0.15) is 16.0 Å². The predicted octanol–water partition coefficient (Wildman–Crippen LogP) is -0.774. The van der Waals surface area contributed by atoms with Gasteiger partial charge >= 0.3 is 0 Å². The van der Waals surface area contributed by atoms with Crippen molar-refractivity contribution in [3.05, 3.63) is 57.8 Å². The van der Waals surface area contributed by atoms with Crippen LogP contribution in [0.15, 0.2) is 41.8 Å². The van der Waals surface area contributed by atoms with Gasteiger partial charge < -0.3 is 17.0 Å². The number of nitrogens with two attached hydrogens (primary N) is 1. The number of benzene rings is 1. The van der Waals surface area contributed by atoms with Gasteiger partial charge in [0.2, 0.25) is 0 Å². The summed E-state index contributed by atoms with van der Waals surface area (Å²) in [5.74, 6) is 0.928. The summed E-state index contributed by atoms with van der Waals surface area (Å²) in [5.41, 5.74) is 8.73. The summed E-state index contributed by atoms with van der Waals surface area (Å²) in [6.45, 7) is 1.95. The molecule has 2 nitrogen and oxygen atoms in total. The van der Waals surface area contributed by atoms with Gasteiger partial charge in [0.05, 0.1) is 12.1 Å². The van der Waals surface area contributed by atoms with Crippen molar-refractivity contribution < 1.29 is 21.6 Å². The first kappa shape index (κ1) is 13.3. The lowest BCUT2D eigenvalue weighted by atomic mass is 10.1. The molecule has 0 saturated heterocycles. The fourth-order valence-electron chi connectivity index (χ4n) is 2.27. The van der Waals surface area contributed by atoms with Crippen LogP contribution in [0.2, 0.25) is 0 Å². The number of hydrogen-bond acceptors (Lipinski definition) is 2. The predicted molar refractivity (Wildman–Crippen MR) is 71.6 cm³/mol. The average molecular weight is 323 g/mol. The van der Waals surface area contributed by atoms with E-state index in [2.05, 4.69) is 46.4 Å². The van der Waals surface area contributed by atoms with Gasteiger partial charge in [-0.25, -0.2) is 0 Å². The van der Waals surface area contributed by atoms with Gasteiger partial charge in [-0.3, -0.25) is 10.3 Å². The number of thiophene rings is 1. The zero-order chi connectivity index (χ0) is 11.7. The van der Waals surface area contributed by atoms with Crippen molar-refractivity contribution in [1.29, 1.82) is 0 Å². The molecule has 2 heterocycles. The molecule has 94 valence electrons. The molecule has 1 aromatic heterocycles. The highest BCUT2D eigenvalue weighted by molar-refractivity contribution is 7.09. The van der Waals surface area contributed by atoms with E-state index in [1.54, 1.807) is 0 Å². The summed E-state index contributed by atoms with van der Waals surface area (Å²) in [4.78, 5) is 1.42. The van der Waals surface area contributed by atoms with Crippen LogP contribution in [0.5, 0.6) is 0 Å². The lowest BCUT2D eigenvalue weighted by Crippen LogP contribution is -3.00. The van der Waals surface area contributed by atoms with Crippen molar-refractivity contribution in [2.24, 2.45) is 5.73 Å². The molecule has 0 spiro atoms. The van der Waals surface area contributed by atoms with Crippen LogP contribution in [-0.4, -0.2) is 17.0 Å². The van der Waals surface area contributed by atoms with Crippen molar-refractivity contribution >= 4 is 17.2 Å². The Morgan fingerprint density at radius 2 is 2.00 bits per heavy atom. The highest BCUT2D eigenvalue weighted by atomic mass is 79.9. The minimum Gasteiger partial charge on any atom is -1.00 e. The molecule has 0 aliphatic carbocycles. The van der Waals surface area contributed by atoms with Gasteiger partial charge in [-0.15, -0.1) is 11.3 Å². The Morgan fingerprint density at radius 1 is 1.17 bits per heavy atom. The second-order valence-electron chi connectivity index (χ2n) is 4.29. The highest BCUT2D eigenvalue weighted by Gasteiger charge is 2.23. The zero-order valence-electron chi connectivity index (χ0n) is 9.97. The van der Waals surface area contributed by atoms with Crippen LogP contribution in [-0.2, 0) is 13.0 Å². The molecule has 0 atom stereocenters. The molecule has 0 amide bonds. The maximum atomic E-state index is 6.18. The van der Waals surface area contributed by atoms with E-state index in [0.717, 1.165) is 25.3 Å². The topological polar surface area (TPSA) is 29.0 Å². The van der Waals surface area contributed by atoms with E-state index in [9.17, 15) is 0 Å². The third kappa shape index (κ3) is 2.49. The van der Waals surface area contributed by atoms with Crippen molar-refractivity contribution in [3.63, 3.8) is 0 Å². The van der Waals surface area contributed by atoms with Gasteiger partial charge in [0.1, 0.15) is 6.54 Å². The number of amidine groups is 1. The van der Waals surface area contributed by atoms with Crippen LogP contribution in [0, 0.1) is 0 Å². The molecule has 1 aliphatic heterocycles. The Kier molecular flexibility index (Phi) is 4.19. The third-order valence-corrected chi connectivity index (χ3v) is 4.14. The van der Waals surface area contributed by atoms with E-state index in [1.807, 2.05) is 11.3 Å². The fourth-order valence-corrected chi connectivity index (χ4v) is 2.97. The summed E-state index contributed by atoms with van der Waals surface area (Å²) < 4.78 is 2.27. The van der Waals surface area contributed by atoms with Gasteiger partial charge in [-0.2, -0.15) is 0 Å². The maximum absolute atomic E-state index is 6.18. The molecule has 0 bridgehead atoms. The Bertz CT molecular complexity index is 561. The Hall–Kier alpha value is -1.13. The Morgan fingerprint density at radius 3 is 2.72 bits per heavy atom. The minimum atomic E-state index is 0. The normalized spacial score (nSPS) is 13.3. The zero-order valence-corrected chi connectivity index (χ0v) is 12.4. The molecule has 3 rings (SSSR count). The largest absolute Gasteiger partial charge is 1.00 e. The Balaban J connectivity index is 0.00000120. The van der Waals surface area contributed by atoms with Crippen LogP contribution >= 0.6 is 11.3 Å². The number of halogens is 1. The monoisotopic (exact) mass is 322 g/mol. The smallest absolute Gasteiger partial charge is 0.275 e. The summed E-state index contributed by atoms with van der Waals surface area (Å²) >= 11 is 1.81. The summed E-state index contributed by atoms with van der Waals surface area (Å²) in [6.07, 6.45) is 1.08. The van der Waals surface area contributed by atoms with Gasteiger partial charge in [0.15, 0.2) is 0 Å². The third-order valence-electron chi connectivity index (χ3n) is 3.20. The highest BCUT2D eigenvalue weighted by Crippen LogP contribution is 2.17. The van der Waals surface area contributed by atoms with Crippen LogP contribution < -0.4 is 22.7 Å². The molecule has 0 saturated carbocycles. The van der Waals surface area contributed by atoms with Gasteiger partial charge in [-0.05, 0) is 17.5 Å². The number of rotatable bonds is 3. The fraction of sp³-hybridized carbons (Fsp3) is 0.214. The summed E-state index contributed by atoms with van der Waals surface area (Å²) in [6, 6.07) is 12.7. The van der Waals surface area contributed by atoms with E-state index in [1.165, 1.54) is 16.0 Å². The van der Waals surface area contributed by atoms with Crippen LogP contribution in [0.4, 0.5) is 0 Å². The second-order valence-corrected chi connectivity index (χ2v) is 5.33. The summed E-state index contributed by atoms with van der Waals surface area (Å²) in [5, 5.41) is 2.13. The van der Waals surface area contributed by atoms with Gasteiger partial charge in [-0.1, -0.05) is 24.3 Å². The number of nitrogens with zero attached hydrogens (tertiary/aromatic N) is 1. The van der Waals surface area contributed by atoms with E-state index in [4.69, 9.17) is 5.73 Å². The molecule has 1 aromatic carbocycles. The molecule has 0 fully saturated rings. The lowest BCUT2D eigenvalue weighted by Gasteiger charge is -2.01. The summed E-state index contributed by atoms with van der Waals surface area (Å²) in [7, 11) is 0. The molecule has 1 aliphatic rings. The first-order valence-electron chi connectivity index (χ1n) is 5.82. The first-order chi connectivity index (χ1) is 8.34. The van der Waals surface area contributed by atoms with Crippen molar-refractivity contribution in [2.75, 3.05) is 6.54 Å². The van der Waals surface area contributed by atoms with E-state index >= 15 is 0 Å². The maximum Gasteiger partial charge on any atom is 0.275 e. The number of fused-ring (bicyclic) bond motifs is 1. The lowest BCUT2D eigenvalue weighted by molar-refractivity contribution is -0.539. The van der Waals surface area contributed by atoms with Crippen molar-refractivity contribution in [3.8, 4) is 0 Å². The molecular formula is C14H15BrN2S. The Labute approximate surface area is 122 Å². The standard InChI is InChI=1S/C14H14N2S.BrH/c15-14-13-6-2-1-4-11(13)10-16(14)8-7-12-5-3-9-17-12;/h1-6,9,15H,7-8,10H2;1H. The SMILES string of the molecule is NC1=[N+](CCc2cccs2)Cc2ccccc21.[Br-]. The van der Waals surface area contributed by atoms with E-state index < -0.39 is 0 Å². The van der Waals surface area contributed by atoms with E-state index in [0.29, 0.717) is 0 Å². The van der Waals surface area contributed by atoms with Crippen LogP contribution in [0.3, 0.4) is 0 Å². The molecule has 0 radical (unpaired) electrons. The van der Waals surface area contributed by atoms with Gasteiger partial charge in [0, 0.05) is 16.9 Å². The van der Waals surface area contributed by atoms with Crippen molar-refractivity contribution in [1.82, 2.24) is 0 Å². The molecule has 2 aromatic rings. The quantitative estimate of drug-likeness (QED) is 0.739. The molecule has 2 N–H and O–H groups in total. The second kappa shape index (κ2) is 5.67. The molecule has 4 heteroatoms. The number of hydrogen-bond donors (Lipinski definition) is 1. The van der Waals surface area contributed by atoms with Crippen LogP contribution in [0.25, 0.3) is 0 Å².